The van der Waals surface area contributed by atoms with Crippen molar-refractivity contribution >= 4 is 22.6 Å². The molecule has 2 fully saturated rings. The van der Waals surface area contributed by atoms with Crippen molar-refractivity contribution in [3.05, 3.63) is 10.5 Å². The summed E-state index contributed by atoms with van der Waals surface area (Å²) in [6, 6.07) is 0. The molecule has 0 amide bonds. The summed E-state index contributed by atoms with van der Waals surface area (Å²) in [5, 5.41) is 0. The van der Waals surface area contributed by atoms with Crippen molar-refractivity contribution in [1.82, 2.24) is 0 Å². The lowest BCUT2D eigenvalue weighted by atomic mass is 9.30. The van der Waals surface area contributed by atoms with E-state index in [9.17, 15) is 0 Å². The van der Waals surface area contributed by atoms with Gasteiger partial charge >= 0.3 is 0 Å². The molecule has 126 valence electrons. The first-order valence-corrected chi connectivity index (χ1v) is 11.0. The van der Waals surface area contributed by atoms with Crippen molar-refractivity contribution in [2.75, 3.05) is 0 Å². The molecule has 0 atom stereocenters. The smallest absolute Gasteiger partial charge is 0.0833 e. The minimum atomic E-state index is 0.853. The van der Waals surface area contributed by atoms with E-state index in [1.165, 1.54) is 96.3 Å². The van der Waals surface area contributed by atoms with Crippen LogP contribution in [-0.2, 0) is 0 Å². The molecule has 0 spiro atoms. The Morgan fingerprint density at radius 3 is 1.91 bits per heavy atom. The second-order valence-electron chi connectivity index (χ2n) is 7.76. The molecule has 0 aromatic rings. The van der Waals surface area contributed by atoms with Gasteiger partial charge in [0.2, 0.25) is 0 Å². The van der Waals surface area contributed by atoms with Gasteiger partial charge in [-0.05, 0) is 17.2 Å². The molecule has 0 aliphatic heterocycles. The summed E-state index contributed by atoms with van der Waals surface area (Å²) in [7, 11) is 0. The SMILES string of the molecule is CCCCCC/C=C(\Br)B(C1CCCCC1)C1CCCCC1. The molecule has 0 N–H and O–H groups in total. The van der Waals surface area contributed by atoms with Crippen molar-refractivity contribution in [2.24, 2.45) is 0 Å². The minimum Gasteiger partial charge on any atom is -0.0833 e. The highest BCUT2D eigenvalue weighted by atomic mass is 79.9. The Labute approximate surface area is 148 Å². The van der Waals surface area contributed by atoms with Gasteiger partial charge in [-0.2, -0.15) is 0 Å². The van der Waals surface area contributed by atoms with E-state index in [4.69, 9.17) is 0 Å². The van der Waals surface area contributed by atoms with Gasteiger partial charge in [-0.15, -0.1) is 0 Å². The Balaban J connectivity index is 1.93. The zero-order chi connectivity index (χ0) is 15.6. The Morgan fingerprint density at radius 1 is 0.864 bits per heavy atom. The normalized spacial score (nSPS) is 22.0. The van der Waals surface area contributed by atoms with E-state index in [1.54, 1.807) is 4.38 Å². The summed E-state index contributed by atoms with van der Waals surface area (Å²) in [6.07, 6.45) is 24.2. The van der Waals surface area contributed by atoms with Crippen molar-refractivity contribution < 1.29 is 0 Å². The first kappa shape index (κ1) is 18.6. The summed E-state index contributed by atoms with van der Waals surface area (Å²) in [5.74, 6) is 1.94. The number of unbranched alkanes of at least 4 members (excludes halogenated alkanes) is 4. The summed E-state index contributed by atoms with van der Waals surface area (Å²) in [5.41, 5.74) is 0. The van der Waals surface area contributed by atoms with E-state index in [2.05, 4.69) is 28.9 Å². The van der Waals surface area contributed by atoms with Crippen LogP contribution in [-0.4, -0.2) is 6.71 Å². The Kier molecular flexibility index (Phi) is 9.27. The van der Waals surface area contributed by atoms with Crippen LogP contribution in [0.5, 0.6) is 0 Å². The van der Waals surface area contributed by atoms with Crippen LogP contribution in [0.2, 0.25) is 11.6 Å². The Morgan fingerprint density at radius 2 is 1.41 bits per heavy atom. The van der Waals surface area contributed by atoms with Gasteiger partial charge in [0.1, 0.15) is 0 Å². The van der Waals surface area contributed by atoms with Crippen molar-refractivity contribution in [3.63, 3.8) is 0 Å². The standard InChI is InChI=1S/C20H36BBr/c1-2-3-4-5-12-17-20(22)21(18-13-8-6-9-14-18)19-15-10-7-11-16-19/h17-19H,2-16H2,1H3/b20-17-. The zero-order valence-electron chi connectivity index (χ0n) is 14.8. The molecule has 0 aromatic heterocycles. The first-order valence-electron chi connectivity index (χ1n) is 10.2. The summed E-state index contributed by atoms with van der Waals surface area (Å²) in [4.78, 5) is 0. The van der Waals surface area contributed by atoms with Gasteiger partial charge in [-0.3, -0.25) is 0 Å². The lowest BCUT2D eigenvalue weighted by Crippen LogP contribution is -2.30. The topological polar surface area (TPSA) is 0 Å². The fourth-order valence-corrected chi connectivity index (χ4v) is 5.75. The molecule has 0 unspecified atom stereocenters. The third-order valence-electron chi connectivity index (χ3n) is 6.03. The zero-order valence-corrected chi connectivity index (χ0v) is 16.4. The lowest BCUT2D eigenvalue weighted by Gasteiger charge is -2.35. The summed E-state index contributed by atoms with van der Waals surface area (Å²) >= 11 is 4.05. The molecule has 2 heteroatoms. The van der Waals surface area contributed by atoms with Crippen LogP contribution in [0.3, 0.4) is 0 Å². The monoisotopic (exact) mass is 366 g/mol. The molecule has 22 heavy (non-hydrogen) atoms. The van der Waals surface area contributed by atoms with Gasteiger partial charge < -0.3 is 0 Å². The number of halogens is 1. The van der Waals surface area contributed by atoms with E-state index in [1.807, 2.05) is 0 Å². The highest BCUT2D eigenvalue weighted by Gasteiger charge is 2.36. The molecule has 0 saturated heterocycles. The minimum absolute atomic E-state index is 0.853. The number of allylic oxidation sites excluding steroid dienone is 1. The van der Waals surface area contributed by atoms with Crippen molar-refractivity contribution in [2.45, 2.75) is 115 Å². The van der Waals surface area contributed by atoms with Crippen LogP contribution in [0.4, 0.5) is 0 Å². The van der Waals surface area contributed by atoms with Crippen LogP contribution >= 0.6 is 15.9 Å². The average molecular weight is 367 g/mol. The second-order valence-corrected chi connectivity index (χ2v) is 8.68. The first-order chi connectivity index (χ1) is 10.8. The Bertz CT molecular complexity index is 296. The summed E-state index contributed by atoms with van der Waals surface area (Å²) in [6.45, 7) is 3.15. The molecule has 2 aliphatic rings. The van der Waals surface area contributed by atoms with E-state index in [0.29, 0.717) is 0 Å². The van der Waals surface area contributed by atoms with E-state index < -0.39 is 0 Å². The van der Waals surface area contributed by atoms with Crippen LogP contribution in [0, 0.1) is 0 Å². The highest BCUT2D eigenvalue weighted by Crippen LogP contribution is 2.45. The molecule has 0 nitrogen and oxygen atoms in total. The third-order valence-corrected chi connectivity index (χ3v) is 6.88. The van der Waals surface area contributed by atoms with Crippen molar-refractivity contribution in [3.8, 4) is 0 Å². The van der Waals surface area contributed by atoms with Gasteiger partial charge in [0.25, 0.3) is 0 Å². The van der Waals surface area contributed by atoms with Crippen LogP contribution in [0.25, 0.3) is 0 Å². The van der Waals surface area contributed by atoms with Gasteiger partial charge in [0.05, 0.1) is 0 Å². The lowest BCUT2D eigenvalue weighted by molar-refractivity contribution is 0.464. The molecular weight excluding hydrogens is 331 g/mol. The van der Waals surface area contributed by atoms with Crippen LogP contribution < -0.4 is 0 Å². The fourth-order valence-electron chi connectivity index (χ4n) is 4.77. The molecule has 0 heterocycles. The van der Waals surface area contributed by atoms with E-state index >= 15 is 0 Å². The highest BCUT2D eigenvalue weighted by molar-refractivity contribution is 9.12. The van der Waals surface area contributed by atoms with Gasteiger partial charge in [-0.25, -0.2) is 0 Å². The Hall–Kier alpha value is 0.285. The molecule has 2 rings (SSSR count). The van der Waals surface area contributed by atoms with Crippen molar-refractivity contribution in [1.29, 1.82) is 0 Å². The predicted octanol–water partition coefficient (Wildman–Crippen LogP) is 7.94. The maximum absolute atomic E-state index is 4.05. The molecule has 2 saturated carbocycles. The summed E-state index contributed by atoms with van der Waals surface area (Å²) < 4.78 is 1.59. The van der Waals surface area contributed by atoms with E-state index in [0.717, 1.165) is 18.3 Å². The fraction of sp³-hybridized carbons (Fsp3) is 0.900. The quantitative estimate of drug-likeness (QED) is 0.302. The predicted molar refractivity (Wildman–Crippen MR) is 105 cm³/mol. The largest absolute Gasteiger partial charge is 0.191 e. The number of hydrogen-bond acceptors (Lipinski definition) is 0. The molecule has 2 aliphatic carbocycles. The maximum Gasteiger partial charge on any atom is 0.191 e. The molecular formula is C20H36BBr. The molecule has 0 bridgehead atoms. The van der Waals surface area contributed by atoms with Gasteiger partial charge in [-0.1, -0.05) is 124 Å². The average Bonchev–Trinajstić information content (AvgIpc) is 2.57. The molecule has 0 aromatic carbocycles. The van der Waals surface area contributed by atoms with Crippen LogP contribution in [0.15, 0.2) is 10.5 Å². The van der Waals surface area contributed by atoms with Crippen LogP contribution in [0.1, 0.15) is 103 Å². The number of hydrogen-bond donors (Lipinski definition) is 0. The van der Waals surface area contributed by atoms with Gasteiger partial charge in [0, 0.05) is 0 Å². The van der Waals surface area contributed by atoms with E-state index in [-0.39, 0.29) is 0 Å². The molecule has 0 radical (unpaired) electrons. The third kappa shape index (κ3) is 6.06. The second kappa shape index (κ2) is 10.9. The van der Waals surface area contributed by atoms with Gasteiger partial charge in [0.15, 0.2) is 6.71 Å². The number of rotatable bonds is 8. The maximum atomic E-state index is 4.05.